The van der Waals surface area contributed by atoms with Crippen molar-refractivity contribution >= 4 is 17.3 Å². The predicted octanol–water partition coefficient (Wildman–Crippen LogP) is 2.29. The summed E-state index contributed by atoms with van der Waals surface area (Å²) in [6, 6.07) is 13.9. The van der Waals surface area contributed by atoms with Gasteiger partial charge in [-0.3, -0.25) is 9.97 Å². The van der Waals surface area contributed by atoms with E-state index in [1.807, 2.05) is 41.4 Å². The van der Waals surface area contributed by atoms with Crippen molar-refractivity contribution in [1.82, 2.24) is 24.8 Å². The molecule has 0 aromatic carbocycles. The van der Waals surface area contributed by atoms with Crippen molar-refractivity contribution in [2.24, 2.45) is 0 Å². The quantitative estimate of drug-likeness (QED) is 0.641. The first-order valence-corrected chi connectivity index (χ1v) is 9.31. The topological polar surface area (TPSA) is 66.2 Å². The van der Waals surface area contributed by atoms with Crippen LogP contribution in [-0.4, -0.2) is 42.8 Å². The zero-order valence-corrected chi connectivity index (χ0v) is 15.6. The number of nitrogens with one attached hydrogen (secondary N) is 1. The highest BCUT2D eigenvalue weighted by Crippen LogP contribution is 2.38. The van der Waals surface area contributed by atoms with Crippen LogP contribution in [0.15, 0.2) is 67.3 Å². The molecule has 27 heavy (non-hydrogen) atoms. The molecule has 138 valence electrons. The molecule has 2 unspecified atom stereocenters. The number of aliphatic hydroxyl groups excluding tert-OH is 1. The van der Waals surface area contributed by atoms with Crippen LogP contribution in [-0.2, 0) is 6.54 Å². The molecule has 7 heteroatoms. The fourth-order valence-corrected chi connectivity index (χ4v) is 3.94. The van der Waals surface area contributed by atoms with E-state index in [4.69, 9.17) is 12.2 Å². The Kier molecular flexibility index (Phi) is 5.13. The summed E-state index contributed by atoms with van der Waals surface area (Å²) in [6.07, 6.45) is 7.51. The second-order valence-corrected chi connectivity index (χ2v) is 6.85. The van der Waals surface area contributed by atoms with Crippen molar-refractivity contribution in [2.45, 2.75) is 18.6 Å². The smallest absolute Gasteiger partial charge is 0.170 e. The third-order valence-corrected chi connectivity index (χ3v) is 5.13. The van der Waals surface area contributed by atoms with Gasteiger partial charge in [0.15, 0.2) is 5.11 Å². The Morgan fingerprint density at radius 3 is 2.78 bits per heavy atom. The molecule has 1 saturated heterocycles. The van der Waals surface area contributed by atoms with Crippen LogP contribution in [0.1, 0.15) is 29.0 Å². The summed E-state index contributed by atoms with van der Waals surface area (Å²) in [5.74, 6) is 0. The minimum atomic E-state index is -0.0761. The van der Waals surface area contributed by atoms with Gasteiger partial charge in [0.25, 0.3) is 0 Å². The molecule has 1 aliphatic rings. The van der Waals surface area contributed by atoms with Gasteiger partial charge in [-0.2, -0.15) is 0 Å². The normalized spacial score (nSPS) is 19.3. The molecule has 4 rings (SSSR count). The molecular weight excluding hydrogens is 358 g/mol. The van der Waals surface area contributed by atoms with E-state index in [2.05, 4.69) is 38.2 Å². The fraction of sp³-hybridized carbons (Fsp3) is 0.250. The maximum atomic E-state index is 9.56. The van der Waals surface area contributed by atoms with Gasteiger partial charge >= 0.3 is 0 Å². The monoisotopic (exact) mass is 379 g/mol. The summed E-state index contributed by atoms with van der Waals surface area (Å²) < 4.78 is 2.21. The van der Waals surface area contributed by atoms with Gasteiger partial charge in [0, 0.05) is 43.6 Å². The van der Waals surface area contributed by atoms with Crippen LogP contribution >= 0.6 is 12.2 Å². The van der Waals surface area contributed by atoms with E-state index in [1.165, 1.54) is 0 Å². The summed E-state index contributed by atoms with van der Waals surface area (Å²) in [6.45, 7) is 1.23. The first-order chi connectivity index (χ1) is 13.3. The Labute approximate surface area is 163 Å². The first-order valence-electron chi connectivity index (χ1n) is 8.91. The Morgan fingerprint density at radius 2 is 2.04 bits per heavy atom. The number of pyridine rings is 2. The van der Waals surface area contributed by atoms with Gasteiger partial charge in [0.05, 0.1) is 24.4 Å². The molecule has 0 bridgehead atoms. The second-order valence-electron chi connectivity index (χ2n) is 6.47. The van der Waals surface area contributed by atoms with Gasteiger partial charge in [-0.25, -0.2) is 0 Å². The second kappa shape index (κ2) is 7.85. The summed E-state index contributed by atoms with van der Waals surface area (Å²) in [5, 5.41) is 13.6. The van der Waals surface area contributed by atoms with Crippen LogP contribution < -0.4 is 5.32 Å². The highest BCUT2D eigenvalue weighted by Gasteiger charge is 2.40. The number of β-amino-alcohol motifs (C(OH)–C–C–N with tert-alkyl or cyclic N) is 1. The van der Waals surface area contributed by atoms with E-state index < -0.39 is 0 Å². The number of hydrogen-bond acceptors (Lipinski definition) is 4. The third kappa shape index (κ3) is 3.56. The molecule has 3 aromatic rings. The minimum Gasteiger partial charge on any atom is -0.395 e. The summed E-state index contributed by atoms with van der Waals surface area (Å²) in [7, 11) is 0. The highest BCUT2D eigenvalue weighted by molar-refractivity contribution is 7.80. The number of aromatic nitrogens is 3. The Bertz CT molecular complexity index is 899. The van der Waals surface area contributed by atoms with E-state index >= 15 is 0 Å². The lowest BCUT2D eigenvalue weighted by atomic mass is 10.0. The standard InChI is InChI=1S/C20H21N5OS/c26-12-11-25-19(18(23-20(25)27)16-6-1-2-9-22-16)17-7-4-10-24(17)14-15-5-3-8-21-13-15/h1-10,13,18-19,26H,11-12,14H2,(H,23,27). The van der Waals surface area contributed by atoms with Crippen molar-refractivity contribution in [2.75, 3.05) is 13.2 Å². The number of rotatable bonds is 6. The largest absolute Gasteiger partial charge is 0.395 e. The fourth-order valence-electron chi connectivity index (χ4n) is 3.60. The van der Waals surface area contributed by atoms with Crippen LogP contribution in [0.3, 0.4) is 0 Å². The molecule has 1 fully saturated rings. The molecule has 0 radical (unpaired) electrons. The Morgan fingerprint density at radius 1 is 1.11 bits per heavy atom. The zero-order valence-electron chi connectivity index (χ0n) is 14.8. The first kappa shape index (κ1) is 17.6. The van der Waals surface area contributed by atoms with Gasteiger partial charge < -0.3 is 19.9 Å². The van der Waals surface area contributed by atoms with E-state index in [-0.39, 0.29) is 18.7 Å². The van der Waals surface area contributed by atoms with Gasteiger partial charge in [-0.05, 0) is 48.1 Å². The summed E-state index contributed by atoms with van der Waals surface area (Å²) >= 11 is 5.56. The maximum absolute atomic E-state index is 9.56. The maximum Gasteiger partial charge on any atom is 0.170 e. The Hall–Kier alpha value is -2.77. The van der Waals surface area contributed by atoms with Crippen LogP contribution in [0.2, 0.25) is 0 Å². The lowest BCUT2D eigenvalue weighted by Crippen LogP contribution is -2.33. The SMILES string of the molecule is OCCN1C(=S)NC(c2ccccn2)C1c1cccn1Cc1cccnc1. The van der Waals surface area contributed by atoms with Crippen LogP contribution in [0.4, 0.5) is 0 Å². The van der Waals surface area contributed by atoms with Crippen molar-refractivity contribution < 1.29 is 5.11 Å². The molecule has 3 aromatic heterocycles. The molecule has 1 aliphatic heterocycles. The summed E-state index contributed by atoms with van der Waals surface area (Å²) in [5.41, 5.74) is 3.18. The van der Waals surface area contributed by atoms with Gasteiger partial charge in [-0.1, -0.05) is 12.1 Å². The zero-order chi connectivity index (χ0) is 18.6. The number of aliphatic hydroxyl groups is 1. The average molecular weight is 379 g/mol. The number of thiocarbonyl (C=S) groups is 1. The van der Waals surface area contributed by atoms with Crippen molar-refractivity contribution in [3.05, 3.63) is 84.2 Å². The minimum absolute atomic E-state index is 0.0383. The predicted molar refractivity (Wildman–Crippen MR) is 107 cm³/mol. The van der Waals surface area contributed by atoms with Crippen LogP contribution in [0, 0.1) is 0 Å². The number of nitrogens with zero attached hydrogens (tertiary/aromatic N) is 4. The molecular formula is C20H21N5OS. The molecule has 2 N–H and O–H groups in total. The lowest BCUT2D eigenvalue weighted by Gasteiger charge is -2.28. The van der Waals surface area contributed by atoms with E-state index in [0.29, 0.717) is 11.7 Å². The van der Waals surface area contributed by atoms with Gasteiger partial charge in [0.1, 0.15) is 0 Å². The molecule has 2 atom stereocenters. The van der Waals surface area contributed by atoms with Crippen molar-refractivity contribution in [3.8, 4) is 0 Å². The van der Waals surface area contributed by atoms with Crippen LogP contribution in [0.5, 0.6) is 0 Å². The molecule has 6 nitrogen and oxygen atoms in total. The molecule has 0 aliphatic carbocycles. The highest BCUT2D eigenvalue weighted by atomic mass is 32.1. The lowest BCUT2D eigenvalue weighted by molar-refractivity contribution is 0.219. The van der Waals surface area contributed by atoms with Gasteiger partial charge in [0.2, 0.25) is 0 Å². The molecule has 0 saturated carbocycles. The number of hydrogen-bond donors (Lipinski definition) is 2. The van der Waals surface area contributed by atoms with Gasteiger partial charge in [-0.15, -0.1) is 0 Å². The van der Waals surface area contributed by atoms with E-state index in [9.17, 15) is 5.11 Å². The van der Waals surface area contributed by atoms with Crippen molar-refractivity contribution in [1.29, 1.82) is 0 Å². The molecule has 4 heterocycles. The Balaban J connectivity index is 1.72. The molecule has 0 spiro atoms. The van der Waals surface area contributed by atoms with Crippen molar-refractivity contribution in [3.63, 3.8) is 0 Å². The summed E-state index contributed by atoms with van der Waals surface area (Å²) in [4.78, 5) is 10.8. The average Bonchev–Trinajstić information content (AvgIpc) is 3.28. The molecule has 0 amide bonds. The van der Waals surface area contributed by atoms with E-state index in [1.54, 1.807) is 12.4 Å². The van der Waals surface area contributed by atoms with Crippen LogP contribution in [0.25, 0.3) is 0 Å². The third-order valence-electron chi connectivity index (χ3n) is 4.78. The van der Waals surface area contributed by atoms with E-state index in [0.717, 1.165) is 23.5 Å².